The van der Waals surface area contributed by atoms with Crippen molar-refractivity contribution in [2.24, 2.45) is 0 Å². The molecule has 0 spiro atoms. The maximum atomic E-state index is 5.88. The fourth-order valence-electron chi connectivity index (χ4n) is 3.20. The van der Waals surface area contributed by atoms with Gasteiger partial charge in [-0.25, -0.2) is 0 Å². The molecule has 3 rings (SSSR count). The Labute approximate surface area is 125 Å². The second kappa shape index (κ2) is 6.29. The highest BCUT2D eigenvalue weighted by Crippen LogP contribution is 2.47. The van der Waals surface area contributed by atoms with Crippen LogP contribution in [0.5, 0.6) is 17.2 Å². The number of hydrogen-bond acceptors (Lipinski definition) is 4. The molecule has 1 aromatic rings. The quantitative estimate of drug-likeness (QED) is 0.796. The van der Waals surface area contributed by atoms with E-state index in [0.717, 1.165) is 42.9 Å². The lowest BCUT2D eigenvalue weighted by atomic mass is 9.81. The van der Waals surface area contributed by atoms with E-state index in [1.54, 1.807) is 14.2 Å². The summed E-state index contributed by atoms with van der Waals surface area (Å²) in [5.74, 6) is 2.91. The van der Waals surface area contributed by atoms with E-state index in [2.05, 4.69) is 6.07 Å². The van der Waals surface area contributed by atoms with E-state index < -0.39 is 0 Å². The Morgan fingerprint density at radius 1 is 1.05 bits per heavy atom. The van der Waals surface area contributed by atoms with Crippen molar-refractivity contribution < 1.29 is 18.9 Å². The minimum atomic E-state index is 0.514. The van der Waals surface area contributed by atoms with Gasteiger partial charge >= 0.3 is 0 Å². The van der Waals surface area contributed by atoms with E-state index in [9.17, 15) is 0 Å². The van der Waals surface area contributed by atoms with E-state index in [1.807, 2.05) is 12.3 Å². The standard InChI is InChI=1S/C17H22O4/c1-18-11-12-3-5-13(6-4-12)14-7-8-15(19-2)17-16(14)20-9-10-21-17/h7-8,11,13H,3-6,9-10H2,1-2H3. The van der Waals surface area contributed by atoms with Crippen LogP contribution in [0.2, 0.25) is 0 Å². The molecule has 1 fully saturated rings. The van der Waals surface area contributed by atoms with Gasteiger partial charge in [0.15, 0.2) is 11.5 Å². The van der Waals surface area contributed by atoms with Crippen molar-refractivity contribution in [3.05, 3.63) is 29.5 Å². The van der Waals surface area contributed by atoms with Gasteiger partial charge in [0.05, 0.1) is 20.5 Å². The Kier molecular flexibility index (Phi) is 4.23. The van der Waals surface area contributed by atoms with E-state index in [4.69, 9.17) is 18.9 Å². The molecule has 0 atom stereocenters. The van der Waals surface area contributed by atoms with Crippen molar-refractivity contribution in [3.8, 4) is 17.2 Å². The Morgan fingerprint density at radius 2 is 1.76 bits per heavy atom. The molecule has 114 valence electrons. The number of allylic oxidation sites excluding steroid dienone is 1. The van der Waals surface area contributed by atoms with E-state index in [0.29, 0.717) is 19.1 Å². The molecule has 0 N–H and O–H groups in total. The predicted molar refractivity (Wildman–Crippen MR) is 80.3 cm³/mol. The van der Waals surface area contributed by atoms with Crippen LogP contribution in [0.4, 0.5) is 0 Å². The van der Waals surface area contributed by atoms with Crippen molar-refractivity contribution in [1.29, 1.82) is 0 Å². The highest BCUT2D eigenvalue weighted by molar-refractivity contribution is 5.57. The monoisotopic (exact) mass is 290 g/mol. The van der Waals surface area contributed by atoms with Crippen LogP contribution in [0.1, 0.15) is 37.2 Å². The van der Waals surface area contributed by atoms with Gasteiger partial charge in [0.1, 0.15) is 13.2 Å². The average Bonchev–Trinajstić information content (AvgIpc) is 2.55. The first kappa shape index (κ1) is 14.1. The van der Waals surface area contributed by atoms with Crippen LogP contribution in [-0.4, -0.2) is 27.4 Å². The minimum absolute atomic E-state index is 0.514. The first-order valence-corrected chi connectivity index (χ1v) is 7.50. The minimum Gasteiger partial charge on any atom is -0.504 e. The van der Waals surface area contributed by atoms with Crippen LogP contribution in [-0.2, 0) is 4.74 Å². The molecular weight excluding hydrogens is 268 g/mol. The van der Waals surface area contributed by atoms with Crippen molar-refractivity contribution >= 4 is 0 Å². The predicted octanol–water partition coefficient (Wildman–Crippen LogP) is 3.65. The van der Waals surface area contributed by atoms with Crippen LogP contribution >= 0.6 is 0 Å². The van der Waals surface area contributed by atoms with E-state index >= 15 is 0 Å². The summed E-state index contributed by atoms with van der Waals surface area (Å²) in [6, 6.07) is 4.12. The molecule has 21 heavy (non-hydrogen) atoms. The number of rotatable bonds is 3. The molecule has 4 nitrogen and oxygen atoms in total. The van der Waals surface area contributed by atoms with Crippen molar-refractivity contribution in [1.82, 2.24) is 0 Å². The molecule has 0 radical (unpaired) electrons. The van der Waals surface area contributed by atoms with Gasteiger partial charge in [-0.1, -0.05) is 6.07 Å². The molecule has 1 aliphatic carbocycles. The Bertz CT molecular complexity index is 526. The fourth-order valence-corrected chi connectivity index (χ4v) is 3.20. The lowest BCUT2D eigenvalue weighted by Gasteiger charge is -2.29. The molecule has 0 bridgehead atoms. The second-order valence-electron chi connectivity index (χ2n) is 5.50. The van der Waals surface area contributed by atoms with Gasteiger partial charge in [-0.2, -0.15) is 0 Å². The Balaban J connectivity index is 1.85. The number of methoxy groups -OCH3 is 2. The SMILES string of the molecule is COC=C1CCC(c2ccc(OC)c3c2OCCO3)CC1. The Hall–Kier alpha value is -1.84. The highest BCUT2D eigenvalue weighted by atomic mass is 16.6. The molecular formula is C17H22O4. The summed E-state index contributed by atoms with van der Waals surface area (Å²) in [5.41, 5.74) is 2.65. The van der Waals surface area contributed by atoms with Crippen LogP contribution in [0.25, 0.3) is 0 Å². The molecule has 0 amide bonds. The largest absolute Gasteiger partial charge is 0.504 e. The van der Waals surface area contributed by atoms with Gasteiger partial charge in [-0.3, -0.25) is 0 Å². The summed E-state index contributed by atoms with van der Waals surface area (Å²) in [4.78, 5) is 0. The average molecular weight is 290 g/mol. The molecule has 1 aliphatic heterocycles. The zero-order chi connectivity index (χ0) is 14.7. The summed E-state index contributed by atoms with van der Waals surface area (Å²) >= 11 is 0. The van der Waals surface area contributed by atoms with Crippen LogP contribution < -0.4 is 14.2 Å². The lowest BCUT2D eigenvalue weighted by molar-refractivity contribution is 0.162. The van der Waals surface area contributed by atoms with Gasteiger partial charge in [-0.05, 0) is 43.2 Å². The third-order valence-corrected chi connectivity index (χ3v) is 4.25. The molecule has 0 aromatic heterocycles. The number of fused-ring (bicyclic) bond motifs is 1. The van der Waals surface area contributed by atoms with Crippen LogP contribution in [0, 0.1) is 0 Å². The zero-order valence-corrected chi connectivity index (χ0v) is 12.7. The maximum Gasteiger partial charge on any atom is 0.203 e. The van der Waals surface area contributed by atoms with E-state index in [-0.39, 0.29) is 0 Å². The fraction of sp³-hybridized carbons (Fsp3) is 0.529. The summed E-state index contributed by atoms with van der Waals surface area (Å²) in [5, 5.41) is 0. The van der Waals surface area contributed by atoms with Gasteiger partial charge in [0, 0.05) is 5.56 Å². The van der Waals surface area contributed by atoms with Gasteiger partial charge < -0.3 is 18.9 Å². The second-order valence-corrected chi connectivity index (χ2v) is 5.50. The first-order valence-electron chi connectivity index (χ1n) is 7.50. The highest BCUT2D eigenvalue weighted by Gasteiger charge is 2.27. The van der Waals surface area contributed by atoms with E-state index in [1.165, 1.54) is 11.1 Å². The molecule has 0 unspecified atom stereocenters. The third kappa shape index (κ3) is 2.80. The van der Waals surface area contributed by atoms with Gasteiger partial charge in [0.2, 0.25) is 5.75 Å². The smallest absolute Gasteiger partial charge is 0.203 e. The summed E-state index contributed by atoms with van der Waals surface area (Å²) in [6.07, 6.45) is 6.30. The lowest BCUT2D eigenvalue weighted by Crippen LogP contribution is -2.19. The number of hydrogen-bond donors (Lipinski definition) is 0. The van der Waals surface area contributed by atoms with Crippen molar-refractivity contribution in [3.63, 3.8) is 0 Å². The molecule has 1 aromatic carbocycles. The summed E-state index contributed by atoms with van der Waals surface area (Å²) < 4.78 is 22.1. The molecule has 2 aliphatic rings. The zero-order valence-electron chi connectivity index (χ0n) is 12.7. The Morgan fingerprint density at radius 3 is 2.43 bits per heavy atom. The van der Waals surface area contributed by atoms with Crippen molar-refractivity contribution in [2.45, 2.75) is 31.6 Å². The molecule has 0 saturated heterocycles. The number of ether oxygens (including phenoxy) is 4. The molecule has 1 heterocycles. The summed E-state index contributed by atoms with van der Waals surface area (Å²) in [7, 11) is 3.37. The number of benzene rings is 1. The third-order valence-electron chi connectivity index (χ3n) is 4.25. The molecule has 4 heteroatoms. The van der Waals surface area contributed by atoms with Gasteiger partial charge in [-0.15, -0.1) is 0 Å². The van der Waals surface area contributed by atoms with Gasteiger partial charge in [0.25, 0.3) is 0 Å². The maximum absolute atomic E-state index is 5.88. The topological polar surface area (TPSA) is 36.9 Å². The first-order chi connectivity index (χ1) is 10.3. The normalized spacial score (nSPS) is 20.9. The summed E-state index contributed by atoms with van der Waals surface area (Å²) in [6.45, 7) is 1.19. The molecule has 1 saturated carbocycles. The van der Waals surface area contributed by atoms with Crippen molar-refractivity contribution in [2.75, 3.05) is 27.4 Å². The van der Waals surface area contributed by atoms with Crippen LogP contribution in [0.3, 0.4) is 0 Å². The van der Waals surface area contributed by atoms with Crippen LogP contribution in [0.15, 0.2) is 24.0 Å².